The van der Waals surface area contributed by atoms with Crippen LogP contribution in [-0.2, 0) is 6.54 Å². The Bertz CT molecular complexity index is 810. The van der Waals surface area contributed by atoms with Crippen molar-refractivity contribution in [3.05, 3.63) is 82.7 Å². The Morgan fingerprint density at radius 2 is 1.32 bits per heavy atom. The van der Waals surface area contributed by atoms with Crippen molar-refractivity contribution in [1.29, 1.82) is 0 Å². The van der Waals surface area contributed by atoms with Gasteiger partial charge in [0.2, 0.25) is 11.6 Å². The molecule has 2 N–H and O–H groups in total. The van der Waals surface area contributed by atoms with Crippen LogP contribution in [0.4, 0.5) is 0 Å². The second-order valence-electron chi connectivity index (χ2n) is 6.07. The lowest BCUT2D eigenvalue weighted by Crippen LogP contribution is -2.36. The maximum Gasteiger partial charge on any atom is 0.211 e. The third-order valence-corrected chi connectivity index (χ3v) is 4.26. The van der Waals surface area contributed by atoms with Crippen LogP contribution in [0.2, 0.25) is 0 Å². The molecule has 0 aromatic heterocycles. The number of hydrogen-bond donors (Lipinski definition) is 2. The number of unbranched alkanes of at least 4 members (excludes halogenated alkanes) is 1. The predicted molar refractivity (Wildman–Crippen MR) is 98.3 cm³/mol. The summed E-state index contributed by atoms with van der Waals surface area (Å²) in [6, 6.07) is 16.8. The average molecular weight is 334 g/mol. The third-order valence-electron chi connectivity index (χ3n) is 4.26. The lowest BCUT2D eigenvalue weighted by Gasteiger charge is -2.23. The Kier molecular flexibility index (Phi) is 5.29. The van der Waals surface area contributed by atoms with E-state index in [0.717, 1.165) is 18.4 Å². The molecule has 0 amide bonds. The summed E-state index contributed by atoms with van der Waals surface area (Å²) in [5.74, 6) is -0.257. The van der Waals surface area contributed by atoms with Crippen LogP contribution in [-0.4, -0.2) is 18.1 Å². The predicted octanol–water partition coefficient (Wildman–Crippen LogP) is 3.46. The number of allylic oxidation sites excluding steroid dienone is 2. The molecule has 0 radical (unpaired) electrons. The first-order valence-corrected chi connectivity index (χ1v) is 8.66. The van der Waals surface area contributed by atoms with Crippen LogP contribution in [0.5, 0.6) is 0 Å². The van der Waals surface area contributed by atoms with E-state index in [1.807, 2.05) is 30.3 Å². The molecule has 2 aromatic carbocycles. The van der Waals surface area contributed by atoms with Crippen molar-refractivity contribution in [3.63, 3.8) is 0 Å². The van der Waals surface area contributed by atoms with E-state index in [-0.39, 0.29) is 11.6 Å². The van der Waals surface area contributed by atoms with Crippen LogP contribution in [0.15, 0.2) is 66.0 Å². The van der Waals surface area contributed by atoms with Gasteiger partial charge in [-0.2, -0.15) is 0 Å². The molecule has 25 heavy (non-hydrogen) atoms. The minimum atomic E-state index is -0.134. The smallest absolute Gasteiger partial charge is 0.211 e. The van der Waals surface area contributed by atoms with Crippen molar-refractivity contribution < 1.29 is 9.59 Å². The highest BCUT2D eigenvalue weighted by molar-refractivity contribution is 6.26. The zero-order valence-corrected chi connectivity index (χ0v) is 14.3. The fraction of sp³-hybridized carbons (Fsp3) is 0.238. The quantitative estimate of drug-likeness (QED) is 0.762. The van der Waals surface area contributed by atoms with Crippen LogP contribution >= 0.6 is 0 Å². The molecule has 0 saturated carbocycles. The molecule has 0 saturated heterocycles. The van der Waals surface area contributed by atoms with Gasteiger partial charge in [0.1, 0.15) is 11.4 Å². The first-order valence-electron chi connectivity index (χ1n) is 8.66. The third kappa shape index (κ3) is 3.63. The fourth-order valence-corrected chi connectivity index (χ4v) is 2.89. The zero-order chi connectivity index (χ0) is 17.6. The van der Waals surface area contributed by atoms with Gasteiger partial charge in [0.15, 0.2) is 0 Å². The Labute approximate surface area is 148 Å². The Morgan fingerprint density at radius 1 is 0.760 bits per heavy atom. The van der Waals surface area contributed by atoms with E-state index in [1.54, 1.807) is 24.3 Å². The summed E-state index contributed by atoms with van der Waals surface area (Å²) in [6.45, 7) is 3.26. The van der Waals surface area contributed by atoms with E-state index >= 15 is 0 Å². The van der Waals surface area contributed by atoms with Gasteiger partial charge in [0.25, 0.3) is 0 Å². The van der Waals surface area contributed by atoms with Crippen LogP contribution in [0.3, 0.4) is 0 Å². The highest BCUT2D eigenvalue weighted by Crippen LogP contribution is 2.24. The first kappa shape index (κ1) is 17.0. The summed E-state index contributed by atoms with van der Waals surface area (Å²) in [5.41, 5.74) is 2.74. The number of carbonyl (C=O) groups excluding carboxylic acids is 2. The van der Waals surface area contributed by atoms with Crippen LogP contribution in [0.25, 0.3) is 0 Å². The van der Waals surface area contributed by atoms with Gasteiger partial charge in [0.05, 0.1) is 0 Å². The zero-order valence-electron chi connectivity index (χ0n) is 14.3. The largest absolute Gasteiger partial charge is 0.380 e. The molecule has 2 aromatic rings. The summed E-state index contributed by atoms with van der Waals surface area (Å²) in [7, 11) is 0. The topological polar surface area (TPSA) is 58.2 Å². The maximum absolute atomic E-state index is 12.9. The van der Waals surface area contributed by atoms with Crippen molar-refractivity contribution in [1.82, 2.24) is 10.6 Å². The number of rotatable bonds is 7. The summed E-state index contributed by atoms with van der Waals surface area (Å²) in [4.78, 5) is 25.8. The van der Waals surface area contributed by atoms with E-state index in [1.165, 1.54) is 0 Å². The van der Waals surface area contributed by atoms with E-state index in [4.69, 9.17) is 0 Å². The molecule has 4 nitrogen and oxygen atoms in total. The van der Waals surface area contributed by atoms with E-state index in [2.05, 4.69) is 17.6 Å². The minimum absolute atomic E-state index is 0.123. The monoisotopic (exact) mass is 334 g/mol. The lowest BCUT2D eigenvalue weighted by molar-refractivity contribution is 0.0962. The summed E-state index contributed by atoms with van der Waals surface area (Å²) in [6.07, 6.45) is 1.96. The number of hydrogen-bond acceptors (Lipinski definition) is 4. The van der Waals surface area contributed by atoms with Crippen molar-refractivity contribution in [2.45, 2.75) is 26.3 Å². The van der Waals surface area contributed by atoms with Gasteiger partial charge in [-0.05, 0) is 12.0 Å². The molecule has 3 rings (SSSR count). The highest BCUT2D eigenvalue weighted by atomic mass is 16.1. The van der Waals surface area contributed by atoms with Crippen LogP contribution < -0.4 is 10.6 Å². The van der Waals surface area contributed by atoms with Gasteiger partial charge in [-0.1, -0.05) is 67.9 Å². The Hall–Kier alpha value is -2.88. The van der Waals surface area contributed by atoms with Gasteiger partial charge in [-0.25, -0.2) is 0 Å². The molecule has 0 fully saturated rings. The summed E-state index contributed by atoms with van der Waals surface area (Å²) >= 11 is 0. The number of ketones is 2. The van der Waals surface area contributed by atoms with Gasteiger partial charge >= 0.3 is 0 Å². The van der Waals surface area contributed by atoms with Gasteiger partial charge in [-0.3, -0.25) is 9.59 Å². The molecule has 0 atom stereocenters. The highest BCUT2D eigenvalue weighted by Gasteiger charge is 2.31. The van der Waals surface area contributed by atoms with Gasteiger partial charge in [0, 0.05) is 24.2 Å². The second-order valence-corrected chi connectivity index (χ2v) is 6.07. The standard InChI is InChI=1S/C21H22N2O2/c1-2-3-13-22-18-19(23-14-15-9-5-4-6-10-15)21(25)17-12-8-7-11-16(17)20(18)24/h4-12,22-23H,2-3,13-14H2,1H3. The van der Waals surface area contributed by atoms with E-state index in [9.17, 15) is 9.59 Å². The van der Waals surface area contributed by atoms with Crippen molar-refractivity contribution in [2.75, 3.05) is 6.54 Å². The van der Waals surface area contributed by atoms with Gasteiger partial charge in [-0.15, -0.1) is 0 Å². The molecule has 0 heterocycles. The second kappa shape index (κ2) is 7.79. The molecule has 0 spiro atoms. The number of carbonyl (C=O) groups is 2. The van der Waals surface area contributed by atoms with Crippen LogP contribution in [0.1, 0.15) is 46.0 Å². The molecule has 0 bridgehead atoms. The number of fused-ring (bicyclic) bond motifs is 1. The minimum Gasteiger partial charge on any atom is -0.380 e. The molecule has 0 unspecified atom stereocenters. The van der Waals surface area contributed by atoms with E-state index in [0.29, 0.717) is 35.6 Å². The molecule has 4 heteroatoms. The molecule has 128 valence electrons. The molecular weight excluding hydrogens is 312 g/mol. The number of benzene rings is 2. The van der Waals surface area contributed by atoms with E-state index < -0.39 is 0 Å². The molecular formula is C21H22N2O2. The van der Waals surface area contributed by atoms with Crippen LogP contribution in [0, 0.1) is 0 Å². The SMILES string of the molecule is CCCCNC1=C(NCc2ccccc2)C(=O)c2ccccc2C1=O. The Morgan fingerprint density at radius 3 is 1.92 bits per heavy atom. The van der Waals surface area contributed by atoms with Crippen molar-refractivity contribution in [3.8, 4) is 0 Å². The molecule has 1 aliphatic rings. The Balaban J connectivity index is 1.91. The molecule has 0 aliphatic heterocycles. The maximum atomic E-state index is 12.9. The fourth-order valence-electron chi connectivity index (χ4n) is 2.89. The summed E-state index contributed by atoms with van der Waals surface area (Å²) < 4.78 is 0. The average Bonchev–Trinajstić information content (AvgIpc) is 2.66. The normalized spacial score (nSPS) is 13.6. The summed E-state index contributed by atoms with van der Waals surface area (Å²) in [5, 5.41) is 6.36. The first-order chi connectivity index (χ1) is 12.2. The molecule has 1 aliphatic carbocycles. The number of nitrogens with one attached hydrogen (secondary N) is 2. The van der Waals surface area contributed by atoms with Crippen molar-refractivity contribution >= 4 is 11.6 Å². The van der Waals surface area contributed by atoms with Gasteiger partial charge < -0.3 is 10.6 Å². The van der Waals surface area contributed by atoms with Crippen molar-refractivity contribution in [2.24, 2.45) is 0 Å². The lowest BCUT2D eigenvalue weighted by atomic mass is 9.90. The number of Topliss-reactive ketones (excluding diaryl/α,β-unsaturated/α-hetero) is 2.